The van der Waals surface area contributed by atoms with E-state index in [1.807, 2.05) is 6.08 Å². The molecule has 0 saturated carbocycles. The number of ether oxygens (including phenoxy) is 1. The Balaban J connectivity index is 2.40. The van der Waals surface area contributed by atoms with Gasteiger partial charge in [-0.2, -0.15) is 11.8 Å². The lowest BCUT2D eigenvalue weighted by molar-refractivity contribution is 0.0526. The van der Waals surface area contributed by atoms with Crippen LogP contribution in [0.25, 0.3) is 0 Å². The van der Waals surface area contributed by atoms with E-state index in [0.29, 0.717) is 13.2 Å². The molecule has 1 amide bonds. The second kappa shape index (κ2) is 8.71. The number of thioether (sulfide) groups is 1. The summed E-state index contributed by atoms with van der Waals surface area (Å²) in [6, 6.07) is 0. The maximum absolute atomic E-state index is 11.7. The summed E-state index contributed by atoms with van der Waals surface area (Å²) < 4.78 is 4.81. The van der Waals surface area contributed by atoms with Gasteiger partial charge in [0.1, 0.15) is 5.69 Å². The van der Waals surface area contributed by atoms with Gasteiger partial charge in [-0.15, -0.1) is 17.9 Å². The Morgan fingerprint density at radius 3 is 3.11 bits per heavy atom. The zero-order chi connectivity index (χ0) is 14.1. The van der Waals surface area contributed by atoms with Crippen molar-refractivity contribution >= 4 is 35.0 Å². The normalized spacial score (nSPS) is 9.95. The van der Waals surface area contributed by atoms with E-state index < -0.39 is 5.97 Å². The van der Waals surface area contributed by atoms with E-state index in [0.717, 1.165) is 22.8 Å². The van der Waals surface area contributed by atoms with Crippen molar-refractivity contribution in [3.05, 3.63) is 28.7 Å². The monoisotopic (exact) mass is 300 g/mol. The Labute approximate surface area is 120 Å². The molecule has 0 saturated heterocycles. The van der Waals surface area contributed by atoms with Crippen LogP contribution < -0.4 is 5.32 Å². The third-order valence-corrected chi connectivity index (χ3v) is 3.74. The Bertz CT molecular complexity index is 446. The van der Waals surface area contributed by atoms with E-state index in [9.17, 15) is 9.59 Å². The molecular formula is C12H16N2O3S2. The molecule has 0 bridgehead atoms. The van der Waals surface area contributed by atoms with Crippen molar-refractivity contribution in [1.82, 2.24) is 10.3 Å². The number of rotatable bonds is 8. The Morgan fingerprint density at radius 1 is 1.63 bits per heavy atom. The molecule has 0 spiro atoms. The van der Waals surface area contributed by atoms with Crippen LogP contribution in [0.15, 0.2) is 18.0 Å². The summed E-state index contributed by atoms with van der Waals surface area (Å²) in [4.78, 5) is 27.1. The van der Waals surface area contributed by atoms with Crippen LogP contribution in [-0.2, 0) is 4.74 Å². The van der Waals surface area contributed by atoms with E-state index in [1.54, 1.807) is 24.1 Å². The highest BCUT2D eigenvalue weighted by Gasteiger charge is 2.15. The predicted molar refractivity (Wildman–Crippen MR) is 77.9 cm³/mol. The fraction of sp³-hybridized carbons (Fsp3) is 0.417. The maximum atomic E-state index is 11.7. The molecule has 0 aromatic carbocycles. The van der Waals surface area contributed by atoms with Crippen LogP contribution in [0.1, 0.15) is 27.2 Å². The van der Waals surface area contributed by atoms with Crippen molar-refractivity contribution in [2.24, 2.45) is 0 Å². The number of carbonyl (C=O) groups is 2. The first kappa shape index (κ1) is 15.7. The second-order valence-electron chi connectivity index (χ2n) is 3.38. The van der Waals surface area contributed by atoms with Gasteiger partial charge in [-0.3, -0.25) is 4.79 Å². The third-order valence-electron chi connectivity index (χ3n) is 1.95. The van der Waals surface area contributed by atoms with Crippen LogP contribution in [0.2, 0.25) is 0 Å². The summed E-state index contributed by atoms with van der Waals surface area (Å²) in [5.74, 6) is 0.908. The molecule has 0 unspecified atom stereocenters. The molecule has 0 fully saturated rings. The molecule has 1 N–H and O–H groups in total. The standard InChI is InChI=1S/C12H16N2O3S2/c1-3-6-18-7-5-13-10(15)9-8-19-11(14-9)12(16)17-4-2/h3,8H,1,4-7H2,2H3,(H,13,15). The van der Waals surface area contributed by atoms with Gasteiger partial charge in [0.05, 0.1) is 6.61 Å². The molecular weight excluding hydrogens is 284 g/mol. The molecule has 1 aromatic heterocycles. The van der Waals surface area contributed by atoms with Crippen LogP contribution in [0.5, 0.6) is 0 Å². The molecule has 0 aliphatic heterocycles. The average molecular weight is 300 g/mol. The topological polar surface area (TPSA) is 68.3 Å². The SMILES string of the molecule is C=CCSCCNC(=O)c1csc(C(=O)OCC)n1. The average Bonchev–Trinajstić information content (AvgIpc) is 2.88. The summed E-state index contributed by atoms with van der Waals surface area (Å²) in [5, 5.41) is 4.50. The Morgan fingerprint density at radius 2 is 2.42 bits per heavy atom. The first-order valence-corrected chi connectivity index (χ1v) is 7.82. The van der Waals surface area contributed by atoms with Crippen molar-refractivity contribution in [2.45, 2.75) is 6.92 Å². The fourth-order valence-corrected chi connectivity index (χ4v) is 2.43. The van der Waals surface area contributed by atoms with Gasteiger partial charge < -0.3 is 10.1 Å². The fourth-order valence-electron chi connectivity index (χ4n) is 1.16. The number of hydrogen-bond acceptors (Lipinski definition) is 6. The first-order chi connectivity index (χ1) is 9.19. The van der Waals surface area contributed by atoms with Crippen LogP contribution in [0, 0.1) is 0 Å². The molecule has 0 aliphatic rings. The van der Waals surface area contributed by atoms with E-state index >= 15 is 0 Å². The molecule has 7 heteroatoms. The number of nitrogens with one attached hydrogen (secondary N) is 1. The molecule has 1 rings (SSSR count). The molecule has 0 aliphatic carbocycles. The minimum absolute atomic E-state index is 0.202. The van der Waals surface area contributed by atoms with Crippen molar-refractivity contribution < 1.29 is 14.3 Å². The predicted octanol–water partition coefficient (Wildman–Crippen LogP) is 1.97. The van der Waals surface area contributed by atoms with E-state index in [4.69, 9.17) is 4.74 Å². The van der Waals surface area contributed by atoms with Gasteiger partial charge in [-0.25, -0.2) is 9.78 Å². The summed E-state index contributed by atoms with van der Waals surface area (Å²) >= 11 is 2.79. The lowest BCUT2D eigenvalue weighted by Gasteiger charge is -2.01. The Hall–Kier alpha value is -1.34. The lowest BCUT2D eigenvalue weighted by Crippen LogP contribution is -2.26. The number of aromatic nitrogens is 1. The summed E-state index contributed by atoms with van der Waals surface area (Å²) in [6.07, 6.45) is 1.82. The van der Waals surface area contributed by atoms with E-state index in [1.165, 1.54) is 0 Å². The maximum Gasteiger partial charge on any atom is 0.367 e. The number of thiazole rings is 1. The van der Waals surface area contributed by atoms with Gasteiger partial charge in [0.2, 0.25) is 5.01 Å². The third kappa shape index (κ3) is 5.44. The summed E-state index contributed by atoms with van der Waals surface area (Å²) in [6.45, 7) is 6.19. The highest BCUT2D eigenvalue weighted by Crippen LogP contribution is 2.11. The van der Waals surface area contributed by atoms with Crippen LogP contribution in [0.3, 0.4) is 0 Å². The van der Waals surface area contributed by atoms with Crippen LogP contribution in [0.4, 0.5) is 0 Å². The molecule has 0 atom stereocenters. The highest BCUT2D eigenvalue weighted by molar-refractivity contribution is 7.99. The van der Waals surface area contributed by atoms with Gasteiger partial charge in [0.15, 0.2) is 0 Å². The molecule has 5 nitrogen and oxygen atoms in total. The molecule has 1 aromatic rings. The van der Waals surface area contributed by atoms with Gasteiger partial charge in [0.25, 0.3) is 5.91 Å². The minimum atomic E-state index is -0.493. The number of hydrogen-bond donors (Lipinski definition) is 1. The minimum Gasteiger partial charge on any atom is -0.461 e. The number of nitrogens with zero attached hydrogens (tertiary/aromatic N) is 1. The van der Waals surface area contributed by atoms with Crippen molar-refractivity contribution in [1.29, 1.82) is 0 Å². The number of carbonyl (C=O) groups excluding carboxylic acids is 2. The van der Waals surface area contributed by atoms with E-state index in [-0.39, 0.29) is 16.6 Å². The molecule has 19 heavy (non-hydrogen) atoms. The Kier molecular flexibility index (Phi) is 7.20. The second-order valence-corrected chi connectivity index (χ2v) is 5.39. The van der Waals surface area contributed by atoms with Crippen LogP contribution >= 0.6 is 23.1 Å². The van der Waals surface area contributed by atoms with Gasteiger partial charge in [0, 0.05) is 23.4 Å². The number of amides is 1. The first-order valence-electron chi connectivity index (χ1n) is 5.78. The zero-order valence-electron chi connectivity index (χ0n) is 10.7. The lowest BCUT2D eigenvalue weighted by atomic mass is 10.4. The molecule has 104 valence electrons. The molecule has 0 radical (unpaired) electrons. The van der Waals surface area contributed by atoms with Crippen molar-refractivity contribution in [2.75, 3.05) is 24.7 Å². The van der Waals surface area contributed by atoms with Crippen LogP contribution in [-0.4, -0.2) is 41.5 Å². The number of esters is 1. The quantitative estimate of drug-likeness (QED) is 0.451. The highest BCUT2D eigenvalue weighted by atomic mass is 32.2. The van der Waals surface area contributed by atoms with Crippen molar-refractivity contribution in [3.63, 3.8) is 0 Å². The summed E-state index contributed by atoms with van der Waals surface area (Å²) in [7, 11) is 0. The van der Waals surface area contributed by atoms with Gasteiger partial charge >= 0.3 is 5.97 Å². The summed E-state index contributed by atoms with van der Waals surface area (Å²) in [5.41, 5.74) is 0.252. The van der Waals surface area contributed by atoms with Crippen molar-refractivity contribution in [3.8, 4) is 0 Å². The molecule has 1 heterocycles. The van der Waals surface area contributed by atoms with Gasteiger partial charge in [-0.05, 0) is 6.92 Å². The largest absolute Gasteiger partial charge is 0.461 e. The zero-order valence-corrected chi connectivity index (χ0v) is 12.3. The smallest absolute Gasteiger partial charge is 0.367 e. The van der Waals surface area contributed by atoms with Gasteiger partial charge in [-0.1, -0.05) is 6.08 Å². The van der Waals surface area contributed by atoms with E-state index in [2.05, 4.69) is 16.9 Å².